The summed E-state index contributed by atoms with van der Waals surface area (Å²) < 4.78 is 32.2. The van der Waals surface area contributed by atoms with Crippen LogP contribution in [-0.4, -0.2) is 25.5 Å². The van der Waals surface area contributed by atoms with Gasteiger partial charge < -0.3 is 4.74 Å². The van der Waals surface area contributed by atoms with Crippen LogP contribution in [0.25, 0.3) is 11.0 Å². The fourth-order valence-corrected chi connectivity index (χ4v) is 3.38. The molecule has 2 aromatic carbocycles. The minimum absolute atomic E-state index is 0.0413. The van der Waals surface area contributed by atoms with Gasteiger partial charge in [0, 0.05) is 11.1 Å². The van der Waals surface area contributed by atoms with Crippen LogP contribution in [0.15, 0.2) is 47.4 Å². The van der Waals surface area contributed by atoms with Crippen molar-refractivity contribution in [3.8, 4) is 5.75 Å². The number of nitrogens with zero attached hydrogens (tertiary/aromatic N) is 2. The molecule has 124 valence electrons. The highest BCUT2D eigenvalue weighted by atomic mass is 35.5. The first-order valence-corrected chi connectivity index (χ1v) is 8.92. The lowest BCUT2D eigenvalue weighted by Crippen LogP contribution is -2.14. The molecule has 0 spiro atoms. The second-order valence-electron chi connectivity index (χ2n) is 4.78. The predicted molar refractivity (Wildman–Crippen MR) is 93.4 cm³/mol. The van der Waals surface area contributed by atoms with Gasteiger partial charge in [-0.1, -0.05) is 23.2 Å². The molecule has 0 aliphatic rings. The van der Waals surface area contributed by atoms with Gasteiger partial charge in [-0.2, -0.15) is 0 Å². The van der Waals surface area contributed by atoms with Gasteiger partial charge in [-0.25, -0.2) is 18.4 Å². The van der Waals surface area contributed by atoms with Gasteiger partial charge in [0.25, 0.3) is 10.0 Å². The molecule has 0 fully saturated rings. The molecule has 0 amide bonds. The number of nitrogens with one attached hydrogen (secondary N) is 1. The summed E-state index contributed by atoms with van der Waals surface area (Å²) in [5, 5.41) is 0.375. The van der Waals surface area contributed by atoms with Crippen molar-refractivity contribution in [3.05, 3.63) is 52.6 Å². The number of sulfonamides is 1. The van der Waals surface area contributed by atoms with Crippen molar-refractivity contribution in [2.75, 3.05) is 11.8 Å². The standard InChI is InChI=1S/C15H11Cl2N3O3S/c1-23-10-4-7-12-13(8-10)18-14(17)15(19-12)20-24(21,22)11-5-2-9(16)3-6-11/h2-8H,1H3,(H,19,20). The smallest absolute Gasteiger partial charge is 0.263 e. The van der Waals surface area contributed by atoms with E-state index in [9.17, 15) is 8.42 Å². The molecule has 3 rings (SSSR count). The number of hydrogen-bond acceptors (Lipinski definition) is 5. The van der Waals surface area contributed by atoms with E-state index in [0.29, 0.717) is 21.8 Å². The van der Waals surface area contributed by atoms with Crippen molar-refractivity contribution in [1.29, 1.82) is 0 Å². The van der Waals surface area contributed by atoms with Crippen molar-refractivity contribution in [1.82, 2.24) is 9.97 Å². The SMILES string of the molecule is COc1ccc2nc(NS(=O)(=O)c3ccc(Cl)cc3)c(Cl)nc2c1. The number of hydrogen-bond donors (Lipinski definition) is 1. The summed E-state index contributed by atoms with van der Waals surface area (Å²) in [4.78, 5) is 8.40. The monoisotopic (exact) mass is 383 g/mol. The van der Waals surface area contributed by atoms with E-state index in [1.165, 1.54) is 31.4 Å². The van der Waals surface area contributed by atoms with E-state index in [0.717, 1.165) is 0 Å². The molecule has 0 aliphatic carbocycles. The number of ether oxygens (including phenoxy) is 1. The lowest BCUT2D eigenvalue weighted by Gasteiger charge is -2.10. The van der Waals surface area contributed by atoms with Gasteiger partial charge in [0.2, 0.25) is 0 Å². The van der Waals surface area contributed by atoms with E-state index >= 15 is 0 Å². The third-order valence-electron chi connectivity index (χ3n) is 3.18. The molecule has 1 heterocycles. The number of benzene rings is 2. The van der Waals surface area contributed by atoms with Crippen molar-refractivity contribution >= 4 is 50.1 Å². The van der Waals surface area contributed by atoms with Crippen LogP contribution in [0.1, 0.15) is 0 Å². The minimum atomic E-state index is -3.85. The number of anilines is 1. The topological polar surface area (TPSA) is 81.2 Å². The number of methoxy groups -OCH3 is 1. The third-order valence-corrected chi connectivity index (χ3v) is 5.05. The summed E-state index contributed by atoms with van der Waals surface area (Å²) in [7, 11) is -2.32. The Labute approximate surface area is 148 Å². The molecule has 24 heavy (non-hydrogen) atoms. The third kappa shape index (κ3) is 3.38. The second kappa shape index (κ2) is 6.43. The molecule has 0 atom stereocenters. The van der Waals surface area contributed by atoms with E-state index in [2.05, 4.69) is 14.7 Å². The lowest BCUT2D eigenvalue weighted by molar-refractivity contribution is 0.415. The minimum Gasteiger partial charge on any atom is -0.497 e. The van der Waals surface area contributed by atoms with Crippen molar-refractivity contribution in [2.45, 2.75) is 4.90 Å². The van der Waals surface area contributed by atoms with Crippen LogP contribution >= 0.6 is 23.2 Å². The molecule has 0 aliphatic heterocycles. The molecule has 6 nitrogen and oxygen atoms in total. The molecule has 1 aromatic heterocycles. The molecule has 9 heteroatoms. The Morgan fingerprint density at radius 2 is 1.71 bits per heavy atom. The average Bonchev–Trinajstić information content (AvgIpc) is 2.55. The van der Waals surface area contributed by atoms with Crippen LogP contribution < -0.4 is 9.46 Å². The summed E-state index contributed by atoms with van der Waals surface area (Å²) in [5.74, 6) is 0.548. The highest BCUT2D eigenvalue weighted by molar-refractivity contribution is 7.92. The van der Waals surface area contributed by atoms with Crippen LogP contribution in [0.4, 0.5) is 5.82 Å². The number of fused-ring (bicyclic) bond motifs is 1. The van der Waals surface area contributed by atoms with Gasteiger partial charge in [0.15, 0.2) is 11.0 Å². The van der Waals surface area contributed by atoms with Crippen LogP contribution in [0, 0.1) is 0 Å². The van der Waals surface area contributed by atoms with Crippen LogP contribution in [-0.2, 0) is 10.0 Å². The summed E-state index contributed by atoms with van der Waals surface area (Å²) in [6.45, 7) is 0. The van der Waals surface area contributed by atoms with Crippen molar-refractivity contribution < 1.29 is 13.2 Å². The predicted octanol–water partition coefficient (Wildman–Crippen LogP) is 3.75. The van der Waals surface area contributed by atoms with Gasteiger partial charge in [-0.3, -0.25) is 4.72 Å². The van der Waals surface area contributed by atoms with E-state index in [4.69, 9.17) is 27.9 Å². The normalized spacial score (nSPS) is 11.5. The van der Waals surface area contributed by atoms with Gasteiger partial charge >= 0.3 is 0 Å². The Morgan fingerprint density at radius 1 is 1.00 bits per heavy atom. The summed E-state index contributed by atoms with van der Waals surface area (Å²) in [5.41, 5.74) is 0.975. The molecule has 0 saturated heterocycles. The number of halogens is 2. The Kier molecular flexibility index (Phi) is 4.49. The first-order valence-electron chi connectivity index (χ1n) is 6.69. The maximum absolute atomic E-state index is 12.4. The zero-order chi connectivity index (χ0) is 17.3. The van der Waals surface area contributed by atoms with Gasteiger partial charge in [-0.15, -0.1) is 0 Å². The van der Waals surface area contributed by atoms with Gasteiger partial charge in [-0.05, 0) is 36.4 Å². The molecule has 0 radical (unpaired) electrons. The van der Waals surface area contributed by atoms with E-state index in [1.54, 1.807) is 18.2 Å². The number of rotatable bonds is 4. The maximum atomic E-state index is 12.4. The molecule has 0 unspecified atom stereocenters. The maximum Gasteiger partial charge on any atom is 0.263 e. The van der Waals surface area contributed by atoms with E-state index < -0.39 is 10.0 Å². The molecule has 1 N–H and O–H groups in total. The molecule has 0 saturated carbocycles. The Morgan fingerprint density at radius 3 is 2.38 bits per heavy atom. The quantitative estimate of drug-likeness (QED) is 0.741. The Hall–Kier alpha value is -2.09. The van der Waals surface area contributed by atoms with Crippen molar-refractivity contribution in [3.63, 3.8) is 0 Å². The molecule has 0 bridgehead atoms. The van der Waals surface area contributed by atoms with Crippen LogP contribution in [0.5, 0.6) is 5.75 Å². The van der Waals surface area contributed by atoms with Crippen LogP contribution in [0.3, 0.4) is 0 Å². The Balaban J connectivity index is 2.00. The largest absolute Gasteiger partial charge is 0.497 e. The summed E-state index contributed by atoms with van der Waals surface area (Å²) in [6.07, 6.45) is 0. The van der Waals surface area contributed by atoms with Crippen molar-refractivity contribution in [2.24, 2.45) is 0 Å². The first-order chi connectivity index (χ1) is 11.4. The van der Waals surface area contributed by atoms with Gasteiger partial charge in [0.1, 0.15) is 5.75 Å². The zero-order valence-corrected chi connectivity index (χ0v) is 14.7. The van der Waals surface area contributed by atoms with E-state index in [1.807, 2.05) is 0 Å². The van der Waals surface area contributed by atoms with Crippen LogP contribution in [0.2, 0.25) is 10.2 Å². The summed E-state index contributed by atoms with van der Waals surface area (Å²) >= 11 is 11.8. The van der Waals surface area contributed by atoms with E-state index in [-0.39, 0.29) is 15.9 Å². The molecule has 3 aromatic rings. The number of aromatic nitrogens is 2. The fraction of sp³-hybridized carbons (Fsp3) is 0.0667. The zero-order valence-electron chi connectivity index (χ0n) is 12.3. The second-order valence-corrected chi connectivity index (χ2v) is 7.25. The highest BCUT2D eigenvalue weighted by Crippen LogP contribution is 2.26. The highest BCUT2D eigenvalue weighted by Gasteiger charge is 2.18. The Bertz CT molecular complexity index is 1010. The average molecular weight is 384 g/mol. The fourth-order valence-electron chi connectivity index (χ4n) is 2.00. The lowest BCUT2D eigenvalue weighted by atomic mass is 10.3. The van der Waals surface area contributed by atoms with Gasteiger partial charge in [0.05, 0.1) is 23.0 Å². The first kappa shape index (κ1) is 16.8. The summed E-state index contributed by atoms with van der Waals surface area (Å²) in [6, 6.07) is 10.8. The molecular formula is C15H11Cl2N3O3S. The molecular weight excluding hydrogens is 373 g/mol.